The lowest BCUT2D eigenvalue weighted by Crippen LogP contribution is -2.41. The van der Waals surface area contributed by atoms with Gasteiger partial charge in [-0.3, -0.25) is 19.3 Å². The summed E-state index contributed by atoms with van der Waals surface area (Å²) in [6.07, 6.45) is 1.82. The second kappa shape index (κ2) is 10.1. The van der Waals surface area contributed by atoms with Crippen LogP contribution in [0.5, 0.6) is 0 Å². The molecule has 1 heterocycles. The molecule has 0 atom stereocenters. The van der Waals surface area contributed by atoms with Crippen LogP contribution in [0.25, 0.3) is 0 Å². The van der Waals surface area contributed by atoms with Crippen molar-refractivity contribution in [3.05, 3.63) is 23.8 Å². The standard InChI is InChI=1S/C20H29N3O4/c1-4-18(24)22-17-12-16(7-6-14(17)3)21-19(25)13-23-10-8-15(9-11-23)20(26)27-5-2/h6-7,12,15H,4-5,8-11,13H2,1-3H3,(H,21,25)(H,22,24). The Morgan fingerprint density at radius 2 is 1.81 bits per heavy atom. The monoisotopic (exact) mass is 375 g/mol. The molecule has 0 spiro atoms. The van der Waals surface area contributed by atoms with E-state index in [1.54, 1.807) is 13.0 Å². The lowest BCUT2D eigenvalue weighted by Gasteiger charge is -2.30. The average molecular weight is 375 g/mol. The second-order valence-corrected chi connectivity index (χ2v) is 6.78. The molecule has 1 saturated heterocycles. The van der Waals surface area contributed by atoms with Gasteiger partial charge in [0.25, 0.3) is 0 Å². The first-order chi connectivity index (χ1) is 12.9. The van der Waals surface area contributed by atoms with Crippen LogP contribution in [0.15, 0.2) is 18.2 Å². The van der Waals surface area contributed by atoms with Crippen LogP contribution < -0.4 is 10.6 Å². The molecule has 148 valence electrons. The summed E-state index contributed by atoms with van der Waals surface area (Å²) in [5.41, 5.74) is 2.30. The normalized spacial score (nSPS) is 15.2. The number of piperidine rings is 1. The Morgan fingerprint density at radius 1 is 1.11 bits per heavy atom. The molecule has 1 aliphatic rings. The van der Waals surface area contributed by atoms with Crippen molar-refractivity contribution < 1.29 is 19.1 Å². The summed E-state index contributed by atoms with van der Waals surface area (Å²) >= 11 is 0. The lowest BCUT2D eigenvalue weighted by molar-refractivity contribution is -0.149. The van der Waals surface area contributed by atoms with Gasteiger partial charge in [-0.25, -0.2) is 0 Å². The zero-order valence-corrected chi connectivity index (χ0v) is 16.3. The number of nitrogens with zero attached hydrogens (tertiary/aromatic N) is 1. The van der Waals surface area contributed by atoms with Crippen LogP contribution in [0.3, 0.4) is 0 Å². The van der Waals surface area contributed by atoms with E-state index in [2.05, 4.69) is 10.6 Å². The van der Waals surface area contributed by atoms with Crippen LogP contribution in [0.4, 0.5) is 11.4 Å². The first kappa shape index (κ1) is 20.9. The molecule has 7 heteroatoms. The molecule has 0 bridgehead atoms. The van der Waals surface area contributed by atoms with E-state index < -0.39 is 0 Å². The Kier molecular flexibility index (Phi) is 7.79. The number of hydrogen-bond donors (Lipinski definition) is 2. The van der Waals surface area contributed by atoms with Crippen molar-refractivity contribution in [1.82, 2.24) is 4.90 Å². The fraction of sp³-hybridized carbons (Fsp3) is 0.550. The summed E-state index contributed by atoms with van der Waals surface area (Å²) in [5.74, 6) is -0.374. The second-order valence-electron chi connectivity index (χ2n) is 6.78. The maximum Gasteiger partial charge on any atom is 0.309 e. The largest absolute Gasteiger partial charge is 0.466 e. The molecule has 0 aliphatic carbocycles. The van der Waals surface area contributed by atoms with E-state index in [1.807, 2.05) is 30.9 Å². The van der Waals surface area contributed by atoms with Gasteiger partial charge in [-0.2, -0.15) is 0 Å². The molecular weight excluding hydrogens is 346 g/mol. The number of likely N-dealkylation sites (tertiary alicyclic amines) is 1. The molecule has 1 aliphatic heterocycles. The number of ether oxygens (including phenoxy) is 1. The first-order valence-electron chi connectivity index (χ1n) is 9.52. The van der Waals surface area contributed by atoms with E-state index in [9.17, 15) is 14.4 Å². The number of carbonyl (C=O) groups excluding carboxylic acids is 3. The first-order valence-corrected chi connectivity index (χ1v) is 9.52. The molecular formula is C20H29N3O4. The maximum atomic E-state index is 12.3. The van der Waals surface area contributed by atoms with Crippen LogP contribution >= 0.6 is 0 Å². The molecule has 2 N–H and O–H groups in total. The highest BCUT2D eigenvalue weighted by Crippen LogP contribution is 2.21. The van der Waals surface area contributed by atoms with Crippen LogP contribution in [0, 0.1) is 12.8 Å². The molecule has 27 heavy (non-hydrogen) atoms. The molecule has 2 rings (SSSR count). The summed E-state index contributed by atoms with van der Waals surface area (Å²) in [5, 5.41) is 5.72. The average Bonchev–Trinajstić information content (AvgIpc) is 2.65. The zero-order valence-electron chi connectivity index (χ0n) is 16.3. The number of anilines is 2. The van der Waals surface area contributed by atoms with Gasteiger partial charge in [0.15, 0.2) is 0 Å². The smallest absolute Gasteiger partial charge is 0.309 e. The molecule has 0 aromatic heterocycles. The molecule has 0 unspecified atom stereocenters. The van der Waals surface area contributed by atoms with Crippen LogP contribution in [0.1, 0.15) is 38.7 Å². The third kappa shape index (κ3) is 6.36. The fourth-order valence-electron chi connectivity index (χ4n) is 3.06. The number of amides is 2. The van der Waals surface area contributed by atoms with E-state index >= 15 is 0 Å². The summed E-state index contributed by atoms with van der Waals surface area (Å²) in [6.45, 7) is 7.58. The summed E-state index contributed by atoms with van der Waals surface area (Å²) in [7, 11) is 0. The minimum absolute atomic E-state index is 0.0638. The fourth-order valence-corrected chi connectivity index (χ4v) is 3.06. The van der Waals surface area contributed by atoms with Crippen molar-refractivity contribution in [2.75, 3.05) is 36.9 Å². The summed E-state index contributed by atoms with van der Waals surface area (Å²) in [6, 6.07) is 5.46. The van der Waals surface area contributed by atoms with E-state index in [0.717, 1.165) is 5.56 Å². The van der Waals surface area contributed by atoms with Gasteiger partial charge in [0, 0.05) is 17.8 Å². The Bertz CT molecular complexity index is 682. The molecule has 0 saturated carbocycles. The van der Waals surface area contributed by atoms with Crippen molar-refractivity contribution in [2.24, 2.45) is 5.92 Å². The van der Waals surface area contributed by atoms with Gasteiger partial charge in [-0.15, -0.1) is 0 Å². The summed E-state index contributed by atoms with van der Waals surface area (Å²) in [4.78, 5) is 37.8. The van der Waals surface area contributed by atoms with Crippen LogP contribution in [-0.4, -0.2) is 48.9 Å². The molecule has 7 nitrogen and oxygen atoms in total. The Balaban J connectivity index is 1.85. The highest BCUT2D eigenvalue weighted by Gasteiger charge is 2.26. The van der Waals surface area contributed by atoms with E-state index in [1.165, 1.54) is 0 Å². The Morgan fingerprint density at radius 3 is 2.44 bits per heavy atom. The van der Waals surface area contributed by atoms with Gasteiger partial charge in [0.2, 0.25) is 11.8 Å². The van der Waals surface area contributed by atoms with E-state index in [-0.39, 0.29) is 30.2 Å². The predicted octanol–water partition coefficient (Wildman–Crippen LogP) is 2.56. The zero-order chi connectivity index (χ0) is 19.8. The van der Waals surface area contributed by atoms with Crippen LogP contribution in [-0.2, 0) is 19.1 Å². The van der Waals surface area contributed by atoms with Crippen molar-refractivity contribution in [2.45, 2.75) is 40.0 Å². The lowest BCUT2D eigenvalue weighted by atomic mass is 9.97. The highest BCUT2D eigenvalue weighted by molar-refractivity contribution is 5.95. The molecule has 1 aromatic carbocycles. The number of benzene rings is 1. The van der Waals surface area contributed by atoms with Gasteiger partial charge < -0.3 is 15.4 Å². The summed E-state index contributed by atoms with van der Waals surface area (Å²) < 4.78 is 5.07. The number of rotatable bonds is 7. The van der Waals surface area contributed by atoms with Gasteiger partial charge in [-0.05, 0) is 57.5 Å². The quantitative estimate of drug-likeness (QED) is 0.715. The van der Waals surface area contributed by atoms with Crippen molar-refractivity contribution in [1.29, 1.82) is 0 Å². The van der Waals surface area contributed by atoms with Crippen molar-refractivity contribution in [3.8, 4) is 0 Å². The number of nitrogens with one attached hydrogen (secondary N) is 2. The topological polar surface area (TPSA) is 87.7 Å². The predicted molar refractivity (Wildman–Crippen MR) is 105 cm³/mol. The van der Waals surface area contributed by atoms with Crippen molar-refractivity contribution in [3.63, 3.8) is 0 Å². The van der Waals surface area contributed by atoms with Gasteiger partial charge in [-0.1, -0.05) is 13.0 Å². The van der Waals surface area contributed by atoms with E-state index in [4.69, 9.17) is 4.74 Å². The molecule has 1 fully saturated rings. The molecule has 2 amide bonds. The van der Waals surface area contributed by atoms with Crippen LogP contribution in [0.2, 0.25) is 0 Å². The minimum Gasteiger partial charge on any atom is -0.466 e. The van der Waals surface area contributed by atoms with Gasteiger partial charge in [0.05, 0.1) is 19.1 Å². The van der Waals surface area contributed by atoms with Crippen molar-refractivity contribution >= 4 is 29.2 Å². The SMILES string of the molecule is CCOC(=O)C1CCN(CC(=O)Nc2ccc(C)c(NC(=O)CC)c2)CC1. The minimum atomic E-state index is -0.136. The third-order valence-electron chi connectivity index (χ3n) is 4.69. The van der Waals surface area contributed by atoms with Gasteiger partial charge in [0.1, 0.15) is 0 Å². The number of aryl methyl sites for hydroxylation is 1. The number of hydrogen-bond acceptors (Lipinski definition) is 5. The number of esters is 1. The third-order valence-corrected chi connectivity index (χ3v) is 4.69. The highest BCUT2D eigenvalue weighted by atomic mass is 16.5. The van der Waals surface area contributed by atoms with Gasteiger partial charge >= 0.3 is 5.97 Å². The Hall–Kier alpha value is -2.41. The molecule has 0 radical (unpaired) electrons. The molecule has 1 aromatic rings. The Labute approximate surface area is 160 Å². The maximum absolute atomic E-state index is 12.3. The van der Waals surface area contributed by atoms with E-state index in [0.29, 0.717) is 50.3 Å². The number of carbonyl (C=O) groups is 3.